The molecule has 0 amide bonds. The Morgan fingerprint density at radius 1 is 1.10 bits per heavy atom. The van der Waals surface area contributed by atoms with E-state index in [1.807, 2.05) is 24.3 Å². The van der Waals surface area contributed by atoms with Crippen molar-refractivity contribution in [2.45, 2.75) is 42.2 Å². The van der Waals surface area contributed by atoms with Gasteiger partial charge >= 0.3 is 0 Å². The van der Waals surface area contributed by atoms with E-state index in [-0.39, 0.29) is 0 Å². The first-order chi connectivity index (χ1) is 9.81. The zero-order valence-corrected chi connectivity index (χ0v) is 12.3. The summed E-state index contributed by atoms with van der Waals surface area (Å²) < 4.78 is 0. The first kappa shape index (κ1) is 13.4. The Hall–Kier alpha value is -1.55. The molecule has 1 aromatic heterocycles. The van der Waals surface area contributed by atoms with Crippen LogP contribution in [0.1, 0.15) is 43.1 Å². The standard InChI is InChI=1S/C16H19N3S/c17-15-10-14(12-6-4-5-7-12)18-16(19-15)11-20-13-8-2-1-3-9-13/h1-3,8-10,12H,4-7,11H2,(H2,17,18,19). The number of aromatic nitrogens is 2. The Morgan fingerprint density at radius 2 is 1.85 bits per heavy atom. The summed E-state index contributed by atoms with van der Waals surface area (Å²) in [5.74, 6) is 2.81. The second kappa shape index (κ2) is 6.27. The molecule has 1 heterocycles. The van der Waals surface area contributed by atoms with Gasteiger partial charge in [0.1, 0.15) is 11.6 Å². The van der Waals surface area contributed by atoms with Gasteiger partial charge in [-0.2, -0.15) is 0 Å². The normalized spacial score (nSPS) is 15.6. The summed E-state index contributed by atoms with van der Waals surface area (Å²) in [5.41, 5.74) is 7.07. The molecule has 0 saturated heterocycles. The van der Waals surface area contributed by atoms with Gasteiger partial charge in [-0.25, -0.2) is 9.97 Å². The van der Waals surface area contributed by atoms with Gasteiger partial charge in [0.25, 0.3) is 0 Å². The Kier molecular flexibility index (Phi) is 4.21. The molecule has 1 saturated carbocycles. The third kappa shape index (κ3) is 3.31. The summed E-state index contributed by atoms with van der Waals surface area (Å²) in [5, 5.41) is 0. The summed E-state index contributed by atoms with van der Waals surface area (Å²) in [6.07, 6.45) is 5.09. The van der Waals surface area contributed by atoms with E-state index in [1.54, 1.807) is 11.8 Å². The van der Waals surface area contributed by atoms with Crippen molar-refractivity contribution in [2.24, 2.45) is 0 Å². The third-order valence-corrected chi connectivity index (χ3v) is 4.70. The van der Waals surface area contributed by atoms with E-state index in [2.05, 4.69) is 17.1 Å². The van der Waals surface area contributed by atoms with Gasteiger partial charge in [-0.05, 0) is 25.0 Å². The maximum Gasteiger partial charge on any atom is 0.141 e. The molecule has 4 heteroatoms. The number of thioether (sulfide) groups is 1. The average molecular weight is 285 g/mol. The first-order valence-electron chi connectivity index (χ1n) is 7.12. The van der Waals surface area contributed by atoms with E-state index >= 15 is 0 Å². The molecule has 0 radical (unpaired) electrons. The van der Waals surface area contributed by atoms with Crippen LogP contribution in [-0.4, -0.2) is 9.97 Å². The number of hydrogen-bond acceptors (Lipinski definition) is 4. The fourth-order valence-electron chi connectivity index (χ4n) is 2.70. The zero-order chi connectivity index (χ0) is 13.8. The molecule has 1 fully saturated rings. The quantitative estimate of drug-likeness (QED) is 0.862. The Labute approximate surface area is 124 Å². The summed E-state index contributed by atoms with van der Waals surface area (Å²) in [6.45, 7) is 0. The maximum atomic E-state index is 5.94. The number of benzene rings is 1. The third-order valence-electron chi connectivity index (χ3n) is 3.70. The van der Waals surface area contributed by atoms with Crippen molar-refractivity contribution in [3.63, 3.8) is 0 Å². The van der Waals surface area contributed by atoms with Gasteiger partial charge in [-0.1, -0.05) is 31.0 Å². The fourth-order valence-corrected chi connectivity index (χ4v) is 3.47. The van der Waals surface area contributed by atoms with Gasteiger partial charge in [-0.15, -0.1) is 11.8 Å². The van der Waals surface area contributed by atoms with E-state index in [0.717, 1.165) is 17.3 Å². The summed E-state index contributed by atoms with van der Waals surface area (Å²) in [4.78, 5) is 10.3. The number of nitrogens with two attached hydrogens (primary N) is 1. The van der Waals surface area contributed by atoms with Crippen molar-refractivity contribution < 1.29 is 0 Å². The molecule has 3 nitrogen and oxygen atoms in total. The van der Waals surface area contributed by atoms with Crippen LogP contribution in [-0.2, 0) is 5.75 Å². The van der Waals surface area contributed by atoms with Crippen molar-refractivity contribution in [2.75, 3.05) is 5.73 Å². The highest BCUT2D eigenvalue weighted by molar-refractivity contribution is 7.98. The number of anilines is 1. The zero-order valence-electron chi connectivity index (χ0n) is 11.5. The molecule has 0 aliphatic heterocycles. The van der Waals surface area contributed by atoms with Crippen LogP contribution in [0, 0.1) is 0 Å². The minimum absolute atomic E-state index is 0.584. The lowest BCUT2D eigenvalue weighted by molar-refractivity contribution is 0.689. The molecule has 2 N–H and O–H groups in total. The molecule has 2 aromatic rings. The first-order valence-corrected chi connectivity index (χ1v) is 8.11. The highest BCUT2D eigenvalue weighted by Gasteiger charge is 2.19. The largest absolute Gasteiger partial charge is 0.384 e. The van der Waals surface area contributed by atoms with E-state index in [0.29, 0.717) is 11.7 Å². The lowest BCUT2D eigenvalue weighted by Crippen LogP contribution is -2.05. The van der Waals surface area contributed by atoms with Crippen LogP contribution in [0.5, 0.6) is 0 Å². The number of hydrogen-bond donors (Lipinski definition) is 1. The van der Waals surface area contributed by atoms with Crippen LogP contribution in [0.15, 0.2) is 41.3 Å². The van der Waals surface area contributed by atoms with Crippen LogP contribution in [0.3, 0.4) is 0 Å². The van der Waals surface area contributed by atoms with Crippen LogP contribution >= 0.6 is 11.8 Å². The van der Waals surface area contributed by atoms with Gasteiger partial charge in [0.2, 0.25) is 0 Å². The average Bonchev–Trinajstić information content (AvgIpc) is 3.00. The van der Waals surface area contributed by atoms with Crippen molar-refractivity contribution in [1.29, 1.82) is 0 Å². The highest BCUT2D eigenvalue weighted by atomic mass is 32.2. The number of rotatable bonds is 4. The lowest BCUT2D eigenvalue weighted by Gasteiger charge is -2.11. The second-order valence-electron chi connectivity index (χ2n) is 5.22. The predicted molar refractivity (Wildman–Crippen MR) is 83.7 cm³/mol. The van der Waals surface area contributed by atoms with E-state index < -0.39 is 0 Å². The maximum absolute atomic E-state index is 5.94. The second-order valence-corrected chi connectivity index (χ2v) is 6.27. The smallest absolute Gasteiger partial charge is 0.141 e. The molecular weight excluding hydrogens is 266 g/mol. The van der Waals surface area contributed by atoms with Gasteiger partial charge in [0, 0.05) is 22.6 Å². The molecular formula is C16H19N3S. The monoisotopic (exact) mass is 285 g/mol. The number of nitrogen functional groups attached to an aromatic ring is 1. The molecule has 0 unspecified atom stereocenters. The van der Waals surface area contributed by atoms with E-state index in [1.165, 1.54) is 30.6 Å². The molecule has 20 heavy (non-hydrogen) atoms. The molecule has 0 spiro atoms. The van der Waals surface area contributed by atoms with Crippen LogP contribution in [0.4, 0.5) is 5.82 Å². The molecule has 1 aromatic carbocycles. The van der Waals surface area contributed by atoms with Crippen molar-refractivity contribution in [3.8, 4) is 0 Å². The van der Waals surface area contributed by atoms with Gasteiger partial charge < -0.3 is 5.73 Å². The lowest BCUT2D eigenvalue weighted by atomic mass is 10.0. The van der Waals surface area contributed by atoms with Crippen LogP contribution in [0.25, 0.3) is 0 Å². The minimum atomic E-state index is 0.584. The highest BCUT2D eigenvalue weighted by Crippen LogP contribution is 2.33. The van der Waals surface area contributed by atoms with E-state index in [4.69, 9.17) is 10.7 Å². The van der Waals surface area contributed by atoms with Crippen LogP contribution in [0.2, 0.25) is 0 Å². The van der Waals surface area contributed by atoms with E-state index in [9.17, 15) is 0 Å². The summed E-state index contributed by atoms with van der Waals surface area (Å²) in [7, 11) is 0. The predicted octanol–water partition coefficient (Wildman–Crippen LogP) is 4.01. The molecule has 0 atom stereocenters. The molecule has 0 bridgehead atoms. The van der Waals surface area contributed by atoms with Gasteiger partial charge in [-0.3, -0.25) is 0 Å². The van der Waals surface area contributed by atoms with Crippen molar-refractivity contribution in [1.82, 2.24) is 9.97 Å². The SMILES string of the molecule is Nc1cc(C2CCCC2)nc(CSc2ccccc2)n1. The van der Waals surface area contributed by atoms with Crippen LogP contribution < -0.4 is 5.73 Å². The Balaban J connectivity index is 1.72. The fraction of sp³-hybridized carbons (Fsp3) is 0.375. The summed E-state index contributed by atoms with van der Waals surface area (Å²) in [6, 6.07) is 12.3. The number of nitrogens with zero attached hydrogens (tertiary/aromatic N) is 2. The minimum Gasteiger partial charge on any atom is -0.384 e. The topological polar surface area (TPSA) is 51.8 Å². The Bertz CT molecular complexity index is 565. The molecule has 104 valence electrons. The van der Waals surface area contributed by atoms with Gasteiger partial charge in [0.05, 0.1) is 5.75 Å². The van der Waals surface area contributed by atoms with Gasteiger partial charge in [0.15, 0.2) is 0 Å². The Morgan fingerprint density at radius 3 is 2.60 bits per heavy atom. The summed E-state index contributed by atoms with van der Waals surface area (Å²) >= 11 is 1.75. The molecule has 1 aliphatic carbocycles. The molecule has 3 rings (SSSR count). The van der Waals surface area contributed by atoms with Crippen molar-refractivity contribution in [3.05, 3.63) is 47.9 Å². The molecule has 1 aliphatic rings. The van der Waals surface area contributed by atoms with Crippen molar-refractivity contribution >= 4 is 17.6 Å².